The molecule has 0 atom stereocenters. The van der Waals surface area contributed by atoms with Gasteiger partial charge in [-0.05, 0) is 12.5 Å². The van der Waals surface area contributed by atoms with Crippen molar-refractivity contribution in [2.24, 2.45) is 0 Å². The second-order valence-electron chi connectivity index (χ2n) is 4.37. The Morgan fingerprint density at radius 1 is 1.26 bits per heavy atom. The zero-order chi connectivity index (χ0) is 13.7. The summed E-state index contributed by atoms with van der Waals surface area (Å²) in [6.45, 7) is 3.08. The van der Waals surface area contributed by atoms with Crippen LogP contribution in [0.2, 0.25) is 0 Å². The maximum atomic E-state index is 5.73. The molecule has 2 aromatic heterocycles. The molecular weight excluding hydrogens is 242 g/mol. The Hall–Kier alpha value is -2.18. The highest BCUT2D eigenvalue weighted by molar-refractivity contribution is 5.36. The van der Waals surface area contributed by atoms with E-state index in [1.54, 1.807) is 17.1 Å². The van der Waals surface area contributed by atoms with E-state index in [1.807, 2.05) is 18.0 Å². The second kappa shape index (κ2) is 6.12. The van der Waals surface area contributed by atoms with Crippen LogP contribution < -0.4 is 10.6 Å². The Kier molecular flexibility index (Phi) is 4.27. The first-order valence-electron chi connectivity index (χ1n) is 6.43. The molecule has 0 bridgehead atoms. The largest absolute Gasteiger partial charge is 0.368 e. The molecule has 0 radical (unpaired) electrons. The molecule has 7 nitrogen and oxygen atoms in total. The predicted molar refractivity (Wildman–Crippen MR) is 74.2 cm³/mol. The average Bonchev–Trinajstić information content (AvgIpc) is 2.92. The summed E-state index contributed by atoms with van der Waals surface area (Å²) in [5.41, 5.74) is 5.73. The van der Waals surface area contributed by atoms with Crippen molar-refractivity contribution < 1.29 is 0 Å². The number of rotatable bonds is 6. The number of aromatic nitrogens is 5. The molecule has 0 fully saturated rings. The Balaban J connectivity index is 2.17. The van der Waals surface area contributed by atoms with E-state index in [-0.39, 0.29) is 5.95 Å². The molecule has 19 heavy (non-hydrogen) atoms. The molecule has 0 aromatic carbocycles. The third-order valence-electron chi connectivity index (χ3n) is 2.78. The van der Waals surface area contributed by atoms with Crippen molar-refractivity contribution in [2.45, 2.75) is 26.2 Å². The number of hydrogen-bond acceptors (Lipinski definition) is 6. The van der Waals surface area contributed by atoms with Crippen LogP contribution in [0.25, 0.3) is 5.95 Å². The van der Waals surface area contributed by atoms with Crippen LogP contribution in [-0.2, 0) is 0 Å². The lowest BCUT2D eigenvalue weighted by atomic mass is 10.2. The van der Waals surface area contributed by atoms with Crippen LogP contribution in [0, 0.1) is 0 Å². The molecule has 0 aliphatic carbocycles. The fraction of sp³-hybridized carbons (Fsp3) is 0.500. The Morgan fingerprint density at radius 3 is 2.79 bits per heavy atom. The van der Waals surface area contributed by atoms with Crippen molar-refractivity contribution in [1.82, 2.24) is 24.7 Å². The molecule has 0 aliphatic heterocycles. The van der Waals surface area contributed by atoms with Gasteiger partial charge in [0.15, 0.2) is 0 Å². The molecule has 0 spiro atoms. The van der Waals surface area contributed by atoms with E-state index in [9.17, 15) is 0 Å². The van der Waals surface area contributed by atoms with Gasteiger partial charge < -0.3 is 10.6 Å². The monoisotopic (exact) mass is 261 g/mol. The minimum Gasteiger partial charge on any atom is -0.368 e. The third kappa shape index (κ3) is 3.40. The summed E-state index contributed by atoms with van der Waals surface area (Å²) in [4.78, 5) is 14.6. The van der Waals surface area contributed by atoms with Gasteiger partial charge in [0.05, 0.1) is 0 Å². The smallest absolute Gasteiger partial charge is 0.257 e. The number of nitrogens with two attached hydrogens (primary N) is 1. The van der Waals surface area contributed by atoms with Gasteiger partial charge >= 0.3 is 0 Å². The van der Waals surface area contributed by atoms with E-state index in [2.05, 4.69) is 27.0 Å². The first-order valence-corrected chi connectivity index (χ1v) is 6.43. The number of nitrogens with zero attached hydrogens (tertiary/aromatic N) is 6. The van der Waals surface area contributed by atoms with E-state index in [0.29, 0.717) is 11.9 Å². The Labute approximate surface area is 112 Å². The zero-order valence-corrected chi connectivity index (χ0v) is 11.3. The molecule has 0 unspecified atom stereocenters. The molecule has 0 aliphatic rings. The van der Waals surface area contributed by atoms with Crippen molar-refractivity contribution >= 4 is 11.9 Å². The van der Waals surface area contributed by atoms with Crippen molar-refractivity contribution in [2.75, 3.05) is 24.2 Å². The molecule has 2 heterocycles. The van der Waals surface area contributed by atoms with Crippen LogP contribution in [0.1, 0.15) is 26.2 Å². The van der Waals surface area contributed by atoms with Crippen LogP contribution in [0.5, 0.6) is 0 Å². The van der Waals surface area contributed by atoms with Crippen molar-refractivity contribution in [3.8, 4) is 5.95 Å². The first-order chi connectivity index (χ1) is 9.20. The predicted octanol–water partition coefficient (Wildman–Crippen LogP) is 1.27. The van der Waals surface area contributed by atoms with Crippen LogP contribution in [-0.4, -0.2) is 38.3 Å². The Bertz CT molecular complexity index is 509. The summed E-state index contributed by atoms with van der Waals surface area (Å²) >= 11 is 0. The number of hydrogen-bond donors (Lipinski definition) is 1. The quantitative estimate of drug-likeness (QED) is 0.788. The lowest BCUT2D eigenvalue weighted by Gasteiger charge is -2.17. The lowest BCUT2D eigenvalue weighted by Crippen LogP contribution is -2.23. The van der Waals surface area contributed by atoms with Crippen LogP contribution in [0.3, 0.4) is 0 Å². The lowest BCUT2D eigenvalue weighted by molar-refractivity contribution is 0.691. The van der Waals surface area contributed by atoms with Gasteiger partial charge in [0.2, 0.25) is 11.9 Å². The highest BCUT2D eigenvalue weighted by Gasteiger charge is 2.10. The van der Waals surface area contributed by atoms with Crippen molar-refractivity contribution in [3.05, 3.63) is 18.5 Å². The number of nitrogen functional groups attached to an aromatic ring is 1. The maximum Gasteiger partial charge on any atom is 0.257 e. The van der Waals surface area contributed by atoms with Gasteiger partial charge in [-0.1, -0.05) is 19.8 Å². The fourth-order valence-electron chi connectivity index (χ4n) is 1.73. The van der Waals surface area contributed by atoms with E-state index in [0.717, 1.165) is 13.0 Å². The topological polar surface area (TPSA) is 85.8 Å². The van der Waals surface area contributed by atoms with Crippen LogP contribution in [0.15, 0.2) is 18.5 Å². The standard InChI is InChI=1S/C12H19N7/c1-3-4-5-8-18(2)11-15-10(13)16-12(17-11)19-9-6-7-14-19/h6-7,9H,3-5,8H2,1-2H3,(H2,13,15,16,17). The highest BCUT2D eigenvalue weighted by atomic mass is 15.4. The normalized spacial score (nSPS) is 10.6. The molecule has 2 N–H and O–H groups in total. The molecule has 0 amide bonds. The summed E-state index contributed by atoms with van der Waals surface area (Å²) in [7, 11) is 1.96. The van der Waals surface area contributed by atoms with Gasteiger partial charge in [0.1, 0.15) is 0 Å². The summed E-state index contributed by atoms with van der Waals surface area (Å²) in [5.74, 6) is 1.22. The number of anilines is 2. The van der Waals surface area contributed by atoms with Crippen molar-refractivity contribution in [3.63, 3.8) is 0 Å². The summed E-state index contributed by atoms with van der Waals surface area (Å²) in [6, 6.07) is 1.81. The van der Waals surface area contributed by atoms with E-state index in [1.165, 1.54) is 12.8 Å². The van der Waals surface area contributed by atoms with E-state index in [4.69, 9.17) is 5.73 Å². The molecule has 7 heteroatoms. The second-order valence-corrected chi connectivity index (χ2v) is 4.37. The van der Waals surface area contributed by atoms with Crippen LogP contribution >= 0.6 is 0 Å². The van der Waals surface area contributed by atoms with Crippen LogP contribution in [0.4, 0.5) is 11.9 Å². The number of unbranched alkanes of at least 4 members (excludes halogenated alkanes) is 2. The minimum absolute atomic E-state index is 0.206. The molecule has 0 saturated heterocycles. The van der Waals surface area contributed by atoms with Gasteiger partial charge in [0, 0.05) is 26.0 Å². The highest BCUT2D eigenvalue weighted by Crippen LogP contribution is 2.11. The zero-order valence-electron chi connectivity index (χ0n) is 11.3. The van der Waals surface area contributed by atoms with Gasteiger partial charge in [-0.15, -0.1) is 0 Å². The Morgan fingerprint density at radius 2 is 2.11 bits per heavy atom. The summed E-state index contributed by atoms with van der Waals surface area (Å²) in [5, 5.41) is 4.09. The first kappa shape index (κ1) is 13.3. The molecular formula is C12H19N7. The molecule has 0 saturated carbocycles. The minimum atomic E-state index is 0.206. The average molecular weight is 261 g/mol. The molecule has 2 aromatic rings. The third-order valence-corrected chi connectivity index (χ3v) is 2.78. The van der Waals surface area contributed by atoms with E-state index >= 15 is 0 Å². The van der Waals surface area contributed by atoms with Gasteiger partial charge in [-0.3, -0.25) is 0 Å². The fourth-order valence-corrected chi connectivity index (χ4v) is 1.73. The summed E-state index contributed by atoms with van der Waals surface area (Å²) < 4.78 is 1.57. The molecule has 2 rings (SSSR count). The van der Waals surface area contributed by atoms with Crippen molar-refractivity contribution in [1.29, 1.82) is 0 Å². The maximum absolute atomic E-state index is 5.73. The van der Waals surface area contributed by atoms with Gasteiger partial charge in [-0.25, -0.2) is 4.68 Å². The van der Waals surface area contributed by atoms with Gasteiger partial charge in [-0.2, -0.15) is 20.1 Å². The van der Waals surface area contributed by atoms with Gasteiger partial charge in [0.25, 0.3) is 5.95 Å². The van der Waals surface area contributed by atoms with E-state index < -0.39 is 0 Å². The summed E-state index contributed by atoms with van der Waals surface area (Å²) in [6.07, 6.45) is 6.93. The SMILES string of the molecule is CCCCCN(C)c1nc(N)nc(-n2cccn2)n1. The molecule has 102 valence electrons.